The predicted octanol–water partition coefficient (Wildman–Crippen LogP) is 3.39. The number of aromatic nitrogens is 1. The van der Waals surface area contributed by atoms with E-state index < -0.39 is 11.6 Å². The van der Waals surface area contributed by atoms with E-state index in [1.165, 1.54) is 6.20 Å². The molecule has 1 aromatic carbocycles. The molecule has 2 amide bonds. The number of rotatable bonds is 5. The molecule has 6 nitrogen and oxygen atoms in total. The summed E-state index contributed by atoms with van der Waals surface area (Å²) in [6.45, 7) is 4.77. The van der Waals surface area contributed by atoms with Gasteiger partial charge >= 0.3 is 0 Å². The number of aliphatic hydroxyl groups is 1. The Morgan fingerprint density at radius 3 is 2.45 bits per heavy atom. The van der Waals surface area contributed by atoms with Crippen molar-refractivity contribution in [2.75, 3.05) is 13.1 Å². The van der Waals surface area contributed by atoms with Gasteiger partial charge in [-0.2, -0.15) is 0 Å². The molecular weight excluding hydrogens is 414 g/mol. The van der Waals surface area contributed by atoms with E-state index in [2.05, 4.69) is 10.3 Å². The number of carbonyl (C=O) groups is 2. The maximum absolute atomic E-state index is 13.4. The van der Waals surface area contributed by atoms with Crippen LogP contribution in [0.25, 0.3) is 0 Å². The largest absolute Gasteiger partial charge is 0.384 e. The normalized spacial score (nSPS) is 22.9. The Kier molecular flexibility index (Phi) is 5.79. The molecule has 0 radical (unpaired) electrons. The molecule has 1 aliphatic carbocycles. The van der Waals surface area contributed by atoms with Gasteiger partial charge in [-0.25, -0.2) is 0 Å². The summed E-state index contributed by atoms with van der Waals surface area (Å²) in [7, 11) is 0. The second-order valence-electron chi connectivity index (χ2n) is 9.09. The van der Waals surface area contributed by atoms with E-state index >= 15 is 0 Å². The van der Waals surface area contributed by atoms with Gasteiger partial charge in [0.1, 0.15) is 6.04 Å². The molecule has 1 saturated heterocycles. The minimum Gasteiger partial charge on any atom is -0.384 e. The van der Waals surface area contributed by atoms with E-state index in [-0.39, 0.29) is 23.1 Å². The van der Waals surface area contributed by atoms with Crippen LogP contribution >= 0.6 is 11.6 Å². The first-order valence-electron chi connectivity index (χ1n) is 10.7. The highest BCUT2D eigenvalue weighted by Gasteiger charge is 2.62. The van der Waals surface area contributed by atoms with Crippen molar-refractivity contribution in [3.63, 3.8) is 0 Å². The number of carbonyl (C=O) groups excluding carboxylic acids is 2. The van der Waals surface area contributed by atoms with Crippen LogP contribution in [0.4, 0.5) is 0 Å². The van der Waals surface area contributed by atoms with Gasteiger partial charge in [0.15, 0.2) is 0 Å². The van der Waals surface area contributed by atoms with Gasteiger partial charge in [0.25, 0.3) is 5.91 Å². The fourth-order valence-electron chi connectivity index (χ4n) is 4.66. The van der Waals surface area contributed by atoms with Crippen molar-refractivity contribution in [2.24, 2.45) is 11.3 Å². The first kappa shape index (κ1) is 21.8. The van der Waals surface area contributed by atoms with Gasteiger partial charge in [0.05, 0.1) is 11.2 Å². The van der Waals surface area contributed by atoms with Crippen molar-refractivity contribution >= 4 is 23.4 Å². The molecule has 2 aromatic rings. The molecule has 2 heterocycles. The Morgan fingerprint density at radius 2 is 1.87 bits per heavy atom. The number of likely N-dealkylation sites (tertiary alicyclic amines) is 1. The molecule has 1 saturated carbocycles. The molecule has 2 fully saturated rings. The zero-order valence-electron chi connectivity index (χ0n) is 17.8. The molecule has 0 unspecified atom stereocenters. The summed E-state index contributed by atoms with van der Waals surface area (Å²) in [5.74, 6) is -0.479. The highest BCUT2D eigenvalue weighted by molar-refractivity contribution is 6.30. The van der Waals surface area contributed by atoms with Crippen LogP contribution in [0.5, 0.6) is 0 Å². The van der Waals surface area contributed by atoms with Gasteiger partial charge in [-0.3, -0.25) is 14.6 Å². The van der Waals surface area contributed by atoms with Crippen molar-refractivity contribution in [3.05, 3.63) is 64.9 Å². The number of hydrogen-bond acceptors (Lipinski definition) is 4. The minimum atomic E-state index is -0.972. The summed E-state index contributed by atoms with van der Waals surface area (Å²) in [5, 5.41) is 15.1. The molecule has 0 bridgehead atoms. The molecule has 31 heavy (non-hydrogen) atoms. The zero-order valence-corrected chi connectivity index (χ0v) is 18.6. The van der Waals surface area contributed by atoms with Gasteiger partial charge in [-0.05, 0) is 55.0 Å². The Labute approximate surface area is 187 Å². The monoisotopic (exact) mass is 441 g/mol. The van der Waals surface area contributed by atoms with E-state index in [4.69, 9.17) is 11.6 Å². The van der Waals surface area contributed by atoms with E-state index in [1.807, 2.05) is 30.9 Å². The fourth-order valence-corrected chi connectivity index (χ4v) is 4.78. The quantitative estimate of drug-likeness (QED) is 0.745. The van der Waals surface area contributed by atoms with Gasteiger partial charge in [-0.15, -0.1) is 0 Å². The standard InChI is InChI=1S/C24H28ClN3O3/c1-16(2)20(27-21(29)17-4-3-12-26-14-17)22(30)28-13-11-24(31,23(15-28)9-10-23)18-5-7-19(25)8-6-18/h3-8,12,14,16,20,31H,9-11,13,15H2,1-2H3,(H,27,29)/t20-,24+/m1/s1. The van der Waals surface area contributed by atoms with Crippen LogP contribution in [0.3, 0.4) is 0 Å². The fraction of sp³-hybridized carbons (Fsp3) is 0.458. The maximum Gasteiger partial charge on any atom is 0.253 e. The van der Waals surface area contributed by atoms with Crippen LogP contribution < -0.4 is 5.32 Å². The van der Waals surface area contributed by atoms with Crippen molar-refractivity contribution in [1.29, 1.82) is 0 Å². The number of hydrogen-bond donors (Lipinski definition) is 2. The second kappa shape index (κ2) is 8.24. The molecule has 1 spiro atoms. The van der Waals surface area contributed by atoms with E-state index in [0.717, 1.165) is 18.4 Å². The number of amides is 2. The van der Waals surface area contributed by atoms with E-state index in [9.17, 15) is 14.7 Å². The molecular formula is C24H28ClN3O3. The predicted molar refractivity (Wildman–Crippen MR) is 119 cm³/mol. The average Bonchev–Trinajstić information content (AvgIpc) is 3.55. The average molecular weight is 442 g/mol. The summed E-state index contributed by atoms with van der Waals surface area (Å²) >= 11 is 6.02. The summed E-state index contributed by atoms with van der Waals surface area (Å²) in [6.07, 6.45) is 5.28. The summed E-state index contributed by atoms with van der Waals surface area (Å²) in [4.78, 5) is 31.8. The van der Waals surface area contributed by atoms with Crippen molar-refractivity contribution in [2.45, 2.75) is 44.8 Å². The Hall–Kier alpha value is -2.44. The summed E-state index contributed by atoms with van der Waals surface area (Å²) in [6, 6.07) is 10.1. The Morgan fingerprint density at radius 1 is 1.16 bits per heavy atom. The molecule has 2 aliphatic rings. The third-order valence-electron chi connectivity index (χ3n) is 6.74. The van der Waals surface area contributed by atoms with Crippen molar-refractivity contribution < 1.29 is 14.7 Å². The maximum atomic E-state index is 13.4. The van der Waals surface area contributed by atoms with Gasteiger partial charge in [-0.1, -0.05) is 37.6 Å². The molecule has 4 rings (SSSR count). The number of nitrogens with zero attached hydrogens (tertiary/aromatic N) is 2. The lowest BCUT2D eigenvalue weighted by Crippen LogP contribution is -2.58. The molecule has 2 atom stereocenters. The number of nitrogens with one attached hydrogen (secondary N) is 1. The van der Waals surface area contributed by atoms with Gasteiger partial charge < -0.3 is 15.3 Å². The van der Waals surface area contributed by atoms with Crippen LogP contribution in [0, 0.1) is 11.3 Å². The van der Waals surface area contributed by atoms with E-state index in [0.29, 0.717) is 30.1 Å². The van der Waals surface area contributed by atoms with Crippen LogP contribution in [0.2, 0.25) is 5.02 Å². The van der Waals surface area contributed by atoms with Crippen LogP contribution in [-0.2, 0) is 10.4 Å². The van der Waals surface area contributed by atoms with Crippen LogP contribution in [-0.4, -0.2) is 45.9 Å². The van der Waals surface area contributed by atoms with Gasteiger partial charge in [0.2, 0.25) is 5.91 Å². The zero-order chi connectivity index (χ0) is 22.2. The van der Waals surface area contributed by atoms with E-state index in [1.54, 1.807) is 30.5 Å². The lowest BCUT2D eigenvalue weighted by molar-refractivity contribution is -0.146. The molecule has 1 aromatic heterocycles. The van der Waals surface area contributed by atoms with Crippen LogP contribution in [0.1, 0.15) is 49.0 Å². The third-order valence-corrected chi connectivity index (χ3v) is 7.00. The molecule has 2 N–H and O–H groups in total. The molecule has 164 valence electrons. The number of benzene rings is 1. The lowest BCUT2D eigenvalue weighted by Gasteiger charge is -2.46. The number of halogens is 1. The summed E-state index contributed by atoms with van der Waals surface area (Å²) < 4.78 is 0. The van der Waals surface area contributed by atoms with Crippen molar-refractivity contribution in [1.82, 2.24) is 15.2 Å². The Bertz CT molecular complexity index is 960. The first-order chi connectivity index (χ1) is 14.8. The topological polar surface area (TPSA) is 82.5 Å². The number of piperidine rings is 1. The third kappa shape index (κ3) is 4.06. The molecule has 7 heteroatoms. The van der Waals surface area contributed by atoms with Crippen LogP contribution in [0.15, 0.2) is 48.8 Å². The molecule has 1 aliphatic heterocycles. The Balaban J connectivity index is 1.50. The highest BCUT2D eigenvalue weighted by Crippen LogP contribution is 2.62. The number of pyridine rings is 1. The van der Waals surface area contributed by atoms with Crippen molar-refractivity contribution in [3.8, 4) is 0 Å². The minimum absolute atomic E-state index is 0.0691. The summed E-state index contributed by atoms with van der Waals surface area (Å²) in [5.41, 5.74) is -0.0354. The smallest absolute Gasteiger partial charge is 0.253 e. The lowest BCUT2D eigenvalue weighted by atomic mass is 9.73. The first-order valence-corrected chi connectivity index (χ1v) is 11.1. The SMILES string of the molecule is CC(C)[C@@H](NC(=O)c1cccnc1)C(=O)N1CC[C@](O)(c2ccc(Cl)cc2)C2(CC2)C1. The highest BCUT2D eigenvalue weighted by atomic mass is 35.5. The second-order valence-corrected chi connectivity index (χ2v) is 9.53. The van der Waals surface area contributed by atoms with Gasteiger partial charge in [0, 0.05) is 35.9 Å².